The Morgan fingerprint density at radius 2 is 0.569 bits per heavy atom. The molecule has 1 unspecified atom stereocenters. The molecular formula is C64H57N. The summed E-state index contributed by atoms with van der Waals surface area (Å²) in [6.45, 7) is 8.60. The molecule has 1 heteroatoms. The van der Waals surface area contributed by atoms with Gasteiger partial charge in [0.2, 0.25) is 0 Å². The molecule has 1 atom stereocenters. The van der Waals surface area contributed by atoms with Crippen molar-refractivity contribution in [2.45, 2.75) is 34.1 Å². The van der Waals surface area contributed by atoms with Crippen molar-refractivity contribution in [3.05, 3.63) is 277 Å². The van der Waals surface area contributed by atoms with Crippen LogP contribution in [0.3, 0.4) is 0 Å². The Balaban J connectivity index is 0.000000172. The summed E-state index contributed by atoms with van der Waals surface area (Å²) in [5.74, 6) is 0.698. The van der Waals surface area contributed by atoms with Gasteiger partial charge in [-0.3, -0.25) is 0 Å². The Labute approximate surface area is 387 Å². The van der Waals surface area contributed by atoms with E-state index in [9.17, 15) is 0 Å². The van der Waals surface area contributed by atoms with E-state index in [2.05, 4.69) is 281 Å². The zero-order chi connectivity index (χ0) is 44.8. The second kappa shape index (κ2) is 21.6. The predicted molar refractivity (Wildman–Crippen MR) is 281 cm³/mol. The summed E-state index contributed by atoms with van der Waals surface area (Å²) in [6.07, 6.45) is 8.02. The second-order valence-electron chi connectivity index (χ2n) is 16.9. The molecule has 9 aromatic rings. The molecule has 1 aliphatic rings. The summed E-state index contributed by atoms with van der Waals surface area (Å²) >= 11 is 0. The quantitative estimate of drug-likeness (QED) is 0.147. The lowest BCUT2D eigenvalue weighted by Crippen LogP contribution is -2.09. The predicted octanol–water partition coefficient (Wildman–Crippen LogP) is 18.1. The van der Waals surface area contributed by atoms with Crippen molar-refractivity contribution in [1.82, 2.24) is 0 Å². The van der Waals surface area contributed by atoms with E-state index in [4.69, 9.17) is 0 Å². The molecule has 0 aromatic heterocycles. The van der Waals surface area contributed by atoms with Gasteiger partial charge >= 0.3 is 0 Å². The molecule has 0 saturated heterocycles. The molecule has 10 rings (SSSR count). The van der Waals surface area contributed by atoms with E-state index in [1.54, 1.807) is 0 Å². The molecule has 0 heterocycles. The molecule has 0 saturated carbocycles. The van der Waals surface area contributed by atoms with Gasteiger partial charge in [0.05, 0.1) is 0 Å². The molecule has 1 nitrogen and oxygen atoms in total. The number of hydrogen-bond donors (Lipinski definition) is 0. The van der Waals surface area contributed by atoms with Crippen LogP contribution in [-0.2, 0) is 0 Å². The summed E-state index contributed by atoms with van der Waals surface area (Å²) in [4.78, 5) is 2.32. The van der Waals surface area contributed by atoms with Gasteiger partial charge in [-0.05, 0) is 125 Å². The van der Waals surface area contributed by atoms with Gasteiger partial charge in [0, 0.05) is 17.1 Å². The van der Waals surface area contributed by atoms with Gasteiger partial charge in [0.1, 0.15) is 0 Å². The van der Waals surface area contributed by atoms with Crippen molar-refractivity contribution in [3.8, 4) is 44.5 Å². The number of hydrogen-bond acceptors (Lipinski definition) is 1. The average Bonchev–Trinajstić information content (AvgIpc) is 3.37. The Morgan fingerprint density at radius 3 is 0.846 bits per heavy atom. The van der Waals surface area contributed by atoms with Gasteiger partial charge in [-0.2, -0.15) is 0 Å². The normalized spacial score (nSPS) is 12.7. The molecular weight excluding hydrogens is 783 g/mol. The fourth-order valence-electron chi connectivity index (χ4n) is 7.93. The van der Waals surface area contributed by atoms with E-state index in [-0.39, 0.29) is 0 Å². The third kappa shape index (κ3) is 11.8. The summed E-state index contributed by atoms with van der Waals surface area (Å²) in [5.41, 5.74) is 19.8. The minimum absolute atomic E-state index is 0.698. The van der Waals surface area contributed by atoms with Crippen molar-refractivity contribution in [2.24, 2.45) is 5.92 Å². The SMILES string of the molecule is Cc1ccc(-c2ccc(N(c3ccc(-c4ccccc4)cc3)c3ccc(-c4ccccc4)cc3)cc2)cc1.Cc1ccc(-c2ccccc2)cc1.Cc1ccc(C2=CCC(C)C=C2)cc1. The van der Waals surface area contributed by atoms with Gasteiger partial charge in [-0.1, -0.05) is 242 Å². The van der Waals surface area contributed by atoms with Crippen molar-refractivity contribution in [2.75, 3.05) is 4.90 Å². The average molecular weight is 840 g/mol. The number of nitrogens with zero attached hydrogens (tertiary/aromatic N) is 1. The first-order valence-electron chi connectivity index (χ1n) is 22.7. The number of rotatable bonds is 8. The summed E-state index contributed by atoms with van der Waals surface area (Å²) in [5, 5.41) is 0. The minimum atomic E-state index is 0.698. The first-order chi connectivity index (χ1) is 31.9. The lowest BCUT2D eigenvalue weighted by atomic mass is 9.94. The summed E-state index contributed by atoms with van der Waals surface area (Å²) < 4.78 is 0. The fourth-order valence-corrected chi connectivity index (χ4v) is 7.93. The number of anilines is 3. The van der Waals surface area contributed by atoms with Crippen molar-refractivity contribution >= 4 is 22.6 Å². The lowest BCUT2D eigenvalue weighted by molar-refractivity contribution is 0.739. The number of aryl methyl sites for hydroxylation is 3. The van der Waals surface area contributed by atoms with Gasteiger partial charge in [-0.15, -0.1) is 0 Å². The van der Waals surface area contributed by atoms with E-state index >= 15 is 0 Å². The Kier molecular flexibility index (Phi) is 14.6. The van der Waals surface area contributed by atoms with E-state index in [0.29, 0.717) is 5.92 Å². The summed E-state index contributed by atoms with van der Waals surface area (Å²) in [6, 6.07) is 84.0. The maximum absolute atomic E-state index is 2.33. The van der Waals surface area contributed by atoms with E-state index < -0.39 is 0 Å². The molecule has 0 spiro atoms. The first kappa shape index (κ1) is 43.9. The third-order valence-corrected chi connectivity index (χ3v) is 11.8. The number of allylic oxidation sites excluding steroid dienone is 4. The van der Waals surface area contributed by atoms with Crippen LogP contribution in [0.25, 0.3) is 50.1 Å². The highest BCUT2D eigenvalue weighted by molar-refractivity contribution is 5.81. The van der Waals surface area contributed by atoms with Gasteiger partial charge in [-0.25, -0.2) is 0 Å². The molecule has 9 aromatic carbocycles. The van der Waals surface area contributed by atoms with Gasteiger partial charge in [0.25, 0.3) is 0 Å². The second-order valence-corrected chi connectivity index (χ2v) is 16.9. The van der Waals surface area contributed by atoms with Crippen LogP contribution in [0, 0.1) is 26.7 Å². The molecule has 1 aliphatic carbocycles. The highest BCUT2D eigenvalue weighted by atomic mass is 15.1. The molecule has 0 N–H and O–H groups in total. The van der Waals surface area contributed by atoms with Crippen LogP contribution >= 0.6 is 0 Å². The maximum Gasteiger partial charge on any atom is 0.0462 e. The van der Waals surface area contributed by atoms with Crippen LogP contribution in [0.5, 0.6) is 0 Å². The molecule has 0 bridgehead atoms. The molecule has 0 radical (unpaired) electrons. The van der Waals surface area contributed by atoms with Crippen LogP contribution < -0.4 is 4.90 Å². The largest absolute Gasteiger partial charge is 0.311 e. The number of benzene rings is 9. The van der Waals surface area contributed by atoms with Crippen molar-refractivity contribution in [1.29, 1.82) is 0 Å². The van der Waals surface area contributed by atoms with Gasteiger partial charge < -0.3 is 4.90 Å². The van der Waals surface area contributed by atoms with Crippen LogP contribution in [0.15, 0.2) is 255 Å². The topological polar surface area (TPSA) is 3.24 Å². The fraction of sp³-hybridized carbons (Fsp3) is 0.0938. The zero-order valence-electron chi connectivity index (χ0n) is 38.0. The smallest absolute Gasteiger partial charge is 0.0462 e. The van der Waals surface area contributed by atoms with Crippen LogP contribution in [0.2, 0.25) is 0 Å². The van der Waals surface area contributed by atoms with Crippen LogP contribution in [-0.4, -0.2) is 0 Å². The highest BCUT2D eigenvalue weighted by Crippen LogP contribution is 2.38. The van der Waals surface area contributed by atoms with E-state index in [1.165, 1.54) is 78.8 Å². The van der Waals surface area contributed by atoms with Crippen molar-refractivity contribution < 1.29 is 0 Å². The Bertz CT molecular complexity index is 2810. The molecule has 318 valence electrons. The molecule has 0 fully saturated rings. The molecule has 0 aliphatic heterocycles. The Morgan fingerprint density at radius 1 is 0.308 bits per heavy atom. The molecule has 0 amide bonds. The first-order valence-corrected chi connectivity index (χ1v) is 22.7. The van der Waals surface area contributed by atoms with Crippen LogP contribution in [0.4, 0.5) is 17.1 Å². The van der Waals surface area contributed by atoms with E-state index in [0.717, 1.165) is 17.1 Å². The highest BCUT2D eigenvalue weighted by Gasteiger charge is 2.14. The lowest BCUT2D eigenvalue weighted by Gasteiger charge is -2.26. The molecule has 65 heavy (non-hydrogen) atoms. The van der Waals surface area contributed by atoms with Crippen molar-refractivity contribution in [3.63, 3.8) is 0 Å². The maximum atomic E-state index is 2.33. The van der Waals surface area contributed by atoms with E-state index in [1.807, 2.05) is 6.07 Å². The summed E-state index contributed by atoms with van der Waals surface area (Å²) in [7, 11) is 0. The van der Waals surface area contributed by atoms with Crippen LogP contribution in [0.1, 0.15) is 35.6 Å². The Hall–Kier alpha value is -7.74. The third-order valence-electron chi connectivity index (χ3n) is 11.8. The zero-order valence-corrected chi connectivity index (χ0v) is 38.0. The standard InChI is InChI=1S/C37H29N.C14H16.C13H12/c1-28-12-14-31(15-13-28)34-20-26-37(27-21-34)38(35-22-16-32(17-23-35)29-8-4-2-5-9-29)36-24-18-33(19-25-36)30-10-6-3-7-11-30;1-11-3-7-13(8-4-11)14-9-5-12(2)6-10-14;1-11-7-9-13(10-8-11)12-5-3-2-4-6-12/h2-27H,1H3;3-5,7-10,12H,6H2,1-2H3;2-10H,1H3. The van der Waals surface area contributed by atoms with Gasteiger partial charge in [0.15, 0.2) is 0 Å². The minimum Gasteiger partial charge on any atom is -0.311 e. The monoisotopic (exact) mass is 839 g/mol.